The van der Waals surface area contributed by atoms with Crippen molar-refractivity contribution in [3.8, 4) is 5.75 Å². The Balaban J connectivity index is 1.83. The van der Waals surface area contributed by atoms with Gasteiger partial charge in [-0.15, -0.1) is 0 Å². The van der Waals surface area contributed by atoms with Gasteiger partial charge in [-0.2, -0.15) is 0 Å². The highest BCUT2D eigenvalue weighted by Crippen LogP contribution is 2.27. The van der Waals surface area contributed by atoms with E-state index in [1.165, 1.54) is 5.56 Å². The second kappa shape index (κ2) is 5.58. The fraction of sp³-hybridized carbons (Fsp3) is 0.188. The molecule has 3 aromatic rings. The Morgan fingerprint density at radius 2 is 1.86 bits per heavy atom. The van der Waals surface area contributed by atoms with Gasteiger partial charge in [0.2, 0.25) is 0 Å². The Morgan fingerprint density at radius 1 is 1.10 bits per heavy atom. The number of ether oxygens (including phenoxy) is 1. The molecule has 0 aliphatic rings. The number of fused-ring (bicyclic) bond motifs is 1. The summed E-state index contributed by atoms with van der Waals surface area (Å²) in [4.78, 5) is 7.65. The van der Waals surface area contributed by atoms with Gasteiger partial charge in [0, 0.05) is 0 Å². The van der Waals surface area contributed by atoms with E-state index >= 15 is 0 Å². The average Bonchev–Trinajstić information content (AvgIpc) is 2.82. The topological polar surface area (TPSA) is 37.9 Å². The van der Waals surface area contributed by atoms with Gasteiger partial charge in [-0.3, -0.25) is 0 Å². The maximum Gasteiger partial charge on any atom is 0.146 e. The first kappa shape index (κ1) is 14.2. The van der Waals surface area contributed by atoms with Crippen LogP contribution in [0.15, 0.2) is 30.3 Å². The van der Waals surface area contributed by atoms with Crippen LogP contribution >= 0.6 is 23.2 Å². The second-order valence-electron chi connectivity index (χ2n) is 5.02. The predicted octanol–water partition coefficient (Wildman–Crippen LogP) is 5.07. The molecule has 3 nitrogen and oxygen atoms in total. The van der Waals surface area contributed by atoms with E-state index < -0.39 is 0 Å². The Bertz CT molecular complexity index is 772. The Morgan fingerprint density at radius 3 is 2.67 bits per heavy atom. The molecule has 1 N–H and O–H groups in total. The van der Waals surface area contributed by atoms with Crippen LogP contribution in [0.2, 0.25) is 10.0 Å². The largest absolute Gasteiger partial charge is 0.485 e. The highest BCUT2D eigenvalue weighted by Gasteiger charge is 2.08. The van der Waals surface area contributed by atoms with Crippen LogP contribution in [0.3, 0.4) is 0 Å². The molecule has 0 radical (unpaired) electrons. The minimum Gasteiger partial charge on any atom is -0.485 e. The zero-order valence-electron chi connectivity index (χ0n) is 11.7. The van der Waals surface area contributed by atoms with Crippen molar-refractivity contribution in [1.82, 2.24) is 9.97 Å². The lowest BCUT2D eigenvalue weighted by atomic mass is 10.1. The molecule has 108 valence electrons. The molecular weight excluding hydrogens is 307 g/mol. The summed E-state index contributed by atoms with van der Waals surface area (Å²) < 4.78 is 5.83. The summed E-state index contributed by atoms with van der Waals surface area (Å²) in [5, 5.41) is 1.01. The maximum atomic E-state index is 6.00. The number of aromatic amines is 1. The van der Waals surface area contributed by atoms with Crippen molar-refractivity contribution < 1.29 is 4.74 Å². The van der Waals surface area contributed by atoms with E-state index in [1.807, 2.05) is 26.0 Å². The van der Waals surface area contributed by atoms with Crippen LogP contribution in [-0.2, 0) is 6.61 Å². The van der Waals surface area contributed by atoms with Crippen molar-refractivity contribution in [3.05, 3.63) is 57.3 Å². The lowest BCUT2D eigenvalue weighted by Gasteiger charge is -2.08. The van der Waals surface area contributed by atoms with Crippen molar-refractivity contribution in [3.63, 3.8) is 0 Å². The van der Waals surface area contributed by atoms with Crippen LogP contribution in [0, 0.1) is 13.8 Å². The monoisotopic (exact) mass is 320 g/mol. The van der Waals surface area contributed by atoms with Crippen molar-refractivity contribution in [2.24, 2.45) is 0 Å². The van der Waals surface area contributed by atoms with Crippen molar-refractivity contribution in [2.75, 3.05) is 0 Å². The minimum atomic E-state index is 0.369. The number of nitrogens with zero attached hydrogens (tertiary/aromatic N) is 1. The Kier molecular flexibility index (Phi) is 3.79. The minimum absolute atomic E-state index is 0.369. The van der Waals surface area contributed by atoms with Gasteiger partial charge in [-0.25, -0.2) is 4.98 Å². The first-order chi connectivity index (χ1) is 10.0. The quantitative estimate of drug-likeness (QED) is 0.732. The van der Waals surface area contributed by atoms with E-state index in [-0.39, 0.29) is 0 Å². The molecule has 0 amide bonds. The van der Waals surface area contributed by atoms with Gasteiger partial charge in [-0.1, -0.05) is 35.3 Å². The molecule has 0 atom stereocenters. The molecular formula is C16H14Cl2N2O. The van der Waals surface area contributed by atoms with E-state index in [0.717, 1.165) is 28.2 Å². The van der Waals surface area contributed by atoms with Gasteiger partial charge in [0.05, 0.1) is 21.1 Å². The highest BCUT2D eigenvalue weighted by atomic mass is 35.5. The van der Waals surface area contributed by atoms with Crippen LogP contribution in [0.1, 0.15) is 17.0 Å². The fourth-order valence-electron chi connectivity index (χ4n) is 2.14. The molecule has 3 rings (SSSR count). The van der Waals surface area contributed by atoms with Crippen LogP contribution in [0.25, 0.3) is 11.0 Å². The zero-order chi connectivity index (χ0) is 15.0. The molecule has 2 aromatic carbocycles. The number of H-pyrrole nitrogens is 1. The third-order valence-electron chi connectivity index (χ3n) is 3.28. The van der Waals surface area contributed by atoms with Crippen LogP contribution in [0.4, 0.5) is 0 Å². The molecule has 0 saturated heterocycles. The molecule has 0 fully saturated rings. The molecule has 0 spiro atoms. The van der Waals surface area contributed by atoms with Gasteiger partial charge in [0.1, 0.15) is 18.2 Å². The molecule has 0 bridgehead atoms. The molecule has 1 heterocycles. The molecule has 5 heteroatoms. The van der Waals surface area contributed by atoms with Gasteiger partial charge in [0.15, 0.2) is 0 Å². The first-order valence-corrected chi connectivity index (χ1v) is 7.32. The number of hydrogen-bond acceptors (Lipinski definition) is 2. The highest BCUT2D eigenvalue weighted by molar-refractivity contribution is 6.42. The van der Waals surface area contributed by atoms with E-state index in [1.54, 1.807) is 12.1 Å². The van der Waals surface area contributed by atoms with Gasteiger partial charge >= 0.3 is 0 Å². The molecule has 0 saturated carbocycles. The van der Waals surface area contributed by atoms with E-state index in [2.05, 4.69) is 16.0 Å². The second-order valence-corrected chi connectivity index (χ2v) is 5.84. The number of aromatic nitrogens is 2. The summed E-state index contributed by atoms with van der Waals surface area (Å²) in [5.41, 5.74) is 3.90. The summed E-state index contributed by atoms with van der Waals surface area (Å²) in [7, 11) is 0. The lowest BCUT2D eigenvalue weighted by Crippen LogP contribution is -1.99. The fourth-order valence-corrected chi connectivity index (χ4v) is 2.46. The lowest BCUT2D eigenvalue weighted by molar-refractivity contribution is 0.295. The SMILES string of the molecule is Cc1ccc(C)c(OCc2nc3cc(Cl)c(Cl)cc3[nH]2)c1. The molecule has 21 heavy (non-hydrogen) atoms. The van der Waals surface area contributed by atoms with E-state index in [4.69, 9.17) is 27.9 Å². The Labute approximate surface area is 132 Å². The molecule has 0 unspecified atom stereocenters. The van der Waals surface area contributed by atoms with Crippen molar-refractivity contribution in [2.45, 2.75) is 20.5 Å². The molecule has 0 aliphatic carbocycles. The number of nitrogens with one attached hydrogen (secondary N) is 1. The molecule has 0 aliphatic heterocycles. The van der Waals surface area contributed by atoms with Gasteiger partial charge in [0.25, 0.3) is 0 Å². The number of hydrogen-bond donors (Lipinski definition) is 1. The summed E-state index contributed by atoms with van der Waals surface area (Å²) in [6, 6.07) is 9.65. The van der Waals surface area contributed by atoms with Crippen molar-refractivity contribution in [1.29, 1.82) is 0 Å². The normalized spacial score (nSPS) is 11.0. The zero-order valence-corrected chi connectivity index (χ0v) is 13.2. The van der Waals surface area contributed by atoms with Gasteiger partial charge in [-0.05, 0) is 43.2 Å². The number of imidazole rings is 1. The van der Waals surface area contributed by atoms with Crippen molar-refractivity contribution >= 4 is 34.2 Å². The number of rotatable bonds is 3. The maximum absolute atomic E-state index is 6.00. The summed E-state index contributed by atoms with van der Waals surface area (Å²) in [5.74, 6) is 1.61. The Hall–Kier alpha value is -1.71. The summed E-state index contributed by atoms with van der Waals surface area (Å²) in [6.45, 7) is 4.43. The van der Waals surface area contributed by atoms with Gasteiger partial charge < -0.3 is 9.72 Å². The summed E-state index contributed by atoms with van der Waals surface area (Å²) >= 11 is 12.0. The predicted molar refractivity (Wildman–Crippen MR) is 86.4 cm³/mol. The van der Waals surface area contributed by atoms with E-state index in [0.29, 0.717) is 16.7 Å². The van der Waals surface area contributed by atoms with Crippen LogP contribution in [-0.4, -0.2) is 9.97 Å². The molecule has 1 aromatic heterocycles. The number of aryl methyl sites for hydroxylation is 2. The van der Waals surface area contributed by atoms with E-state index in [9.17, 15) is 0 Å². The van der Waals surface area contributed by atoms with Crippen LogP contribution < -0.4 is 4.74 Å². The standard InChI is InChI=1S/C16H14Cl2N2O/c1-9-3-4-10(2)15(5-9)21-8-16-19-13-6-11(17)12(18)7-14(13)20-16/h3-7H,8H2,1-2H3,(H,19,20). The smallest absolute Gasteiger partial charge is 0.146 e. The summed E-state index contributed by atoms with van der Waals surface area (Å²) in [6.07, 6.45) is 0. The van der Waals surface area contributed by atoms with Crippen LogP contribution in [0.5, 0.6) is 5.75 Å². The number of benzene rings is 2. The number of halogens is 2. The first-order valence-electron chi connectivity index (χ1n) is 6.56. The third-order valence-corrected chi connectivity index (χ3v) is 4.00. The average molecular weight is 321 g/mol. The third kappa shape index (κ3) is 2.99.